The molecule has 5 nitrogen and oxygen atoms in total. The molecule has 0 saturated carbocycles. The van der Waals surface area contributed by atoms with Crippen molar-refractivity contribution in [2.24, 2.45) is 5.41 Å². The Labute approximate surface area is 130 Å². The van der Waals surface area contributed by atoms with Gasteiger partial charge in [0.05, 0.1) is 19.3 Å². The Morgan fingerprint density at radius 2 is 2.00 bits per heavy atom. The van der Waals surface area contributed by atoms with Gasteiger partial charge in [-0.25, -0.2) is 4.79 Å². The molecule has 0 bridgehead atoms. The highest BCUT2D eigenvalue weighted by atomic mass is 16.7. The summed E-state index contributed by atoms with van der Waals surface area (Å²) in [5.74, 6) is -0.217. The van der Waals surface area contributed by atoms with Gasteiger partial charge in [-0.15, -0.1) is 0 Å². The number of ether oxygens (including phenoxy) is 3. The molecule has 1 aliphatic heterocycles. The lowest BCUT2D eigenvalue weighted by atomic mass is 9.91. The van der Waals surface area contributed by atoms with Gasteiger partial charge in [0.2, 0.25) is 5.41 Å². The van der Waals surface area contributed by atoms with E-state index in [1.165, 1.54) is 0 Å². The van der Waals surface area contributed by atoms with Gasteiger partial charge in [-0.05, 0) is 31.9 Å². The number of nitriles is 1. The predicted molar refractivity (Wildman–Crippen MR) is 80.1 cm³/mol. The third kappa shape index (κ3) is 3.85. The Morgan fingerprint density at radius 3 is 2.55 bits per heavy atom. The van der Waals surface area contributed by atoms with Crippen LogP contribution in [0.1, 0.15) is 31.7 Å². The molecule has 0 N–H and O–H groups in total. The smallest absolute Gasteiger partial charge is 0.336 e. The van der Waals surface area contributed by atoms with Crippen LogP contribution in [0.4, 0.5) is 0 Å². The van der Waals surface area contributed by atoms with Crippen LogP contribution in [0, 0.1) is 23.7 Å². The van der Waals surface area contributed by atoms with E-state index in [9.17, 15) is 10.1 Å². The van der Waals surface area contributed by atoms with E-state index in [1.807, 2.05) is 25.1 Å². The Bertz CT molecular complexity index is 539. The number of carbonyl (C=O) groups excluding carboxylic acids is 1. The van der Waals surface area contributed by atoms with Gasteiger partial charge in [0, 0.05) is 0 Å². The maximum atomic E-state index is 12.3. The third-order valence-corrected chi connectivity index (χ3v) is 3.66. The highest BCUT2D eigenvalue weighted by molar-refractivity contribution is 5.82. The van der Waals surface area contributed by atoms with Crippen LogP contribution in [0.5, 0.6) is 5.75 Å². The number of rotatable bonds is 5. The molecule has 1 saturated heterocycles. The van der Waals surface area contributed by atoms with Gasteiger partial charge in [-0.2, -0.15) is 5.26 Å². The van der Waals surface area contributed by atoms with E-state index < -0.39 is 11.4 Å². The van der Waals surface area contributed by atoms with Crippen molar-refractivity contribution in [3.63, 3.8) is 0 Å². The number of nitrogens with zero attached hydrogens (tertiary/aromatic N) is 1. The number of esters is 1. The molecule has 118 valence electrons. The highest BCUT2D eigenvalue weighted by Gasteiger charge is 2.46. The van der Waals surface area contributed by atoms with Crippen molar-refractivity contribution in [3.05, 3.63) is 29.8 Å². The van der Waals surface area contributed by atoms with Crippen molar-refractivity contribution in [3.8, 4) is 11.8 Å². The SMILES string of the molecule is CCCCC1OCC(C#N)(C(=O)Oc2ccc(C)cc2)CO1. The van der Waals surface area contributed by atoms with Crippen LogP contribution in [0.25, 0.3) is 0 Å². The zero-order valence-electron chi connectivity index (χ0n) is 13.0. The molecule has 1 aromatic rings. The summed E-state index contributed by atoms with van der Waals surface area (Å²) in [5, 5.41) is 9.39. The molecule has 1 fully saturated rings. The normalized spacial score (nSPS) is 24.5. The topological polar surface area (TPSA) is 68.5 Å². The molecule has 0 aromatic heterocycles. The summed E-state index contributed by atoms with van der Waals surface area (Å²) < 4.78 is 16.3. The second-order valence-corrected chi connectivity index (χ2v) is 5.59. The molecule has 0 aliphatic carbocycles. The van der Waals surface area contributed by atoms with E-state index in [0.717, 1.165) is 24.8 Å². The molecule has 5 heteroatoms. The van der Waals surface area contributed by atoms with Gasteiger partial charge in [-0.3, -0.25) is 0 Å². The summed E-state index contributed by atoms with van der Waals surface area (Å²) in [6, 6.07) is 9.09. The zero-order valence-corrected chi connectivity index (χ0v) is 13.0. The molecule has 22 heavy (non-hydrogen) atoms. The van der Waals surface area contributed by atoms with Crippen LogP contribution in [0.2, 0.25) is 0 Å². The van der Waals surface area contributed by atoms with Crippen molar-refractivity contribution < 1.29 is 19.0 Å². The largest absolute Gasteiger partial charge is 0.425 e. The highest BCUT2D eigenvalue weighted by Crippen LogP contribution is 2.28. The Kier molecular flexibility index (Phi) is 5.53. The minimum absolute atomic E-state index is 0.00256. The van der Waals surface area contributed by atoms with Gasteiger partial charge >= 0.3 is 5.97 Å². The van der Waals surface area contributed by atoms with Gasteiger partial charge in [-0.1, -0.05) is 31.0 Å². The number of unbranched alkanes of at least 4 members (excludes halogenated alkanes) is 1. The quantitative estimate of drug-likeness (QED) is 0.618. The van der Waals surface area contributed by atoms with E-state index in [0.29, 0.717) is 5.75 Å². The molecule has 0 radical (unpaired) electrons. The summed E-state index contributed by atoms with van der Waals surface area (Å²) >= 11 is 0. The first-order chi connectivity index (χ1) is 10.6. The average molecular weight is 303 g/mol. The molecular formula is C17H21NO4. The fraction of sp³-hybridized carbons (Fsp3) is 0.529. The maximum absolute atomic E-state index is 12.3. The summed E-state index contributed by atoms with van der Waals surface area (Å²) in [4.78, 5) is 12.3. The molecule has 0 unspecified atom stereocenters. The van der Waals surface area contributed by atoms with Crippen molar-refractivity contribution in [1.82, 2.24) is 0 Å². The van der Waals surface area contributed by atoms with Crippen molar-refractivity contribution in [1.29, 1.82) is 5.26 Å². The maximum Gasteiger partial charge on any atom is 0.336 e. The molecule has 1 aliphatic rings. The van der Waals surface area contributed by atoms with Crippen molar-refractivity contribution in [2.75, 3.05) is 13.2 Å². The summed E-state index contributed by atoms with van der Waals surface area (Å²) in [5.41, 5.74) is -0.328. The monoisotopic (exact) mass is 303 g/mol. The minimum atomic E-state index is -1.40. The molecule has 0 atom stereocenters. The number of carbonyl (C=O) groups is 1. The molecule has 2 rings (SSSR count). The molecule has 0 amide bonds. The van der Waals surface area contributed by atoms with Crippen molar-refractivity contribution in [2.45, 2.75) is 39.4 Å². The Hall–Kier alpha value is -1.90. The molecule has 1 aromatic carbocycles. The van der Waals surface area contributed by atoms with Crippen LogP contribution >= 0.6 is 0 Å². The lowest BCUT2D eigenvalue weighted by Gasteiger charge is -2.33. The predicted octanol–water partition coefficient (Wildman–Crippen LogP) is 2.97. The van der Waals surface area contributed by atoms with E-state index in [2.05, 4.69) is 6.92 Å². The first kappa shape index (κ1) is 16.5. The van der Waals surface area contributed by atoms with Gasteiger partial charge in [0.25, 0.3) is 0 Å². The minimum Gasteiger partial charge on any atom is -0.425 e. The van der Waals surface area contributed by atoms with E-state index in [-0.39, 0.29) is 19.5 Å². The fourth-order valence-electron chi connectivity index (χ4n) is 2.14. The van der Waals surface area contributed by atoms with E-state index in [1.54, 1.807) is 12.1 Å². The third-order valence-electron chi connectivity index (χ3n) is 3.66. The van der Waals surface area contributed by atoms with Crippen LogP contribution in [-0.4, -0.2) is 25.5 Å². The van der Waals surface area contributed by atoms with E-state index in [4.69, 9.17) is 14.2 Å². The number of hydrogen-bond donors (Lipinski definition) is 0. The molecular weight excluding hydrogens is 282 g/mol. The van der Waals surface area contributed by atoms with E-state index >= 15 is 0 Å². The first-order valence-corrected chi connectivity index (χ1v) is 7.53. The van der Waals surface area contributed by atoms with Gasteiger partial charge in [0.1, 0.15) is 5.75 Å². The summed E-state index contributed by atoms with van der Waals surface area (Å²) in [6.45, 7) is 4.04. The molecule has 0 spiro atoms. The Morgan fingerprint density at radius 1 is 1.36 bits per heavy atom. The zero-order chi connectivity index (χ0) is 16.0. The summed E-state index contributed by atoms with van der Waals surface area (Å²) in [6.07, 6.45) is 2.46. The second kappa shape index (κ2) is 7.39. The summed E-state index contributed by atoms with van der Waals surface area (Å²) in [7, 11) is 0. The number of aryl methyl sites for hydroxylation is 1. The van der Waals surface area contributed by atoms with Crippen LogP contribution in [0.15, 0.2) is 24.3 Å². The Balaban J connectivity index is 1.98. The van der Waals surface area contributed by atoms with Crippen LogP contribution in [0.3, 0.4) is 0 Å². The second-order valence-electron chi connectivity index (χ2n) is 5.59. The van der Waals surface area contributed by atoms with Crippen LogP contribution in [-0.2, 0) is 14.3 Å². The van der Waals surface area contributed by atoms with Gasteiger partial charge < -0.3 is 14.2 Å². The van der Waals surface area contributed by atoms with Crippen LogP contribution < -0.4 is 4.74 Å². The standard InChI is InChI=1S/C17H21NO4/c1-3-4-5-15-20-11-17(10-18,12-21-15)16(19)22-14-8-6-13(2)7-9-14/h6-9,15H,3-5,11-12H2,1-2H3. The number of hydrogen-bond acceptors (Lipinski definition) is 5. The fourth-order valence-corrected chi connectivity index (χ4v) is 2.14. The lowest BCUT2D eigenvalue weighted by molar-refractivity contribution is -0.223. The first-order valence-electron chi connectivity index (χ1n) is 7.53. The average Bonchev–Trinajstić information content (AvgIpc) is 2.55. The van der Waals surface area contributed by atoms with Crippen molar-refractivity contribution >= 4 is 5.97 Å². The van der Waals surface area contributed by atoms with Gasteiger partial charge in [0.15, 0.2) is 6.29 Å². The lowest BCUT2D eigenvalue weighted by Crippen LogP contribution is -2.48. The number of benzene rings is 1. The molecule has 1 heterocycles.